The SMILES string of the molecule is O=Cc1ccc(-c2cccc(S(=O)(=O)N3CCCCC3)c2)o1. The summed E-state index contributed by atoms with van der Waals surface area (Å²) in [6.45, 7) is 1.14. The summed E-state index contributed by atoms with van der Waals surface area (Å²) in [5.74, 6) is 0.706. The van der Waals surface area contributed by atoms with Crippen molar-refractivity contribution in [2.75, 3.05) is 13.1 Å². The first-order valence-electron chi connectivity index (χ1n) is 7.27. The molecule has 1 saturated heterocycles. The van der Waals surface area contributed by atoms with Crippen molar-refractivity contribution in [3.05, 3.63) is 42.2 Å². The van der Waals surface area contributed by atoms with Crippen molar-refractivity contribution in [1.29, 1.82) is 0 Å². The monoisotopic (exact) mass is 319 g/mol. The number of nitrogens with zero attached hydrogens (tertiary/aromatic N) is 1. The van der Waals surface area contributed by atoms with Gasteiger partial charge in [0.1, 0.15) is 5.76 Å². The van der Waals surface area contributed by atoms with Crippen molar-refractivity contribution in [2.24, 2.45) is 0 Å². The Morgan fingerprint density at radius 2 is 1.82 bits per heavy atom. The summed E-state index contributed by atoms with van der Waals surface area (Å²) >= 11 is 0. The maximum Gasteiger partial charge on any atom is 0.243 e. The number of carbonyl (C=O) groups is 1. The molecule has 6 heteroatoms. The summed E-state index contributed by atoms with van der Waals surface area (Å²) in [6.07, 6.45) is 3.50. The van der Waals surface area contributed by atoms with Gasteiger partial charge in [-0.25, -0.2) is 8.42 Å². The van der Waals surface area contributed by atoms with E-state index in [9.17, 15) is 13.2 Å². The first-order valence-corrected chi connectivity index (χ1v) is 8.71. The third-order valence-corrected chi connectivity index (χ3v) is 5.71. The lowest BCUT2D eigenvalue weighted by Gasteiger charge is -2.25. The Kier molecular flexibility index (Phi) is 4.13. The second-order valence-corrected chi connectivity index (χ2v) is 7.25. The van der Waals surface area contributed by atoms with Gasteiger partial charge in [-0.1, -0.05) is 18.6 Å². The molecule has 1 fully saturated rings. The average Bonchev–Trinajstić information content (AvgIpc) is 3.05. The van der Waals surface area contributed by atoms with Crippen LogP contribution in [0.4, 0.5) is 0 Å². The van der Waals surface area contributed by atoms with E-state index in [1.807, 2.05) is 0 Å². The molecule has 5 nitrogen and oxygen atoms in total. The first kappa shape index (κ1) is 15.0. The molecular formula is C16H17NO4S. The highest BCUT2D eigenvalue weighted by Crippen LogP contribution is 2.27. The van der Waals surface area contributed by atoms with E-state index in [1.165, 1.54) is 4.31 Å². The Morgan fingerprint density at radius 1 is 1.05 bits per heavy atom. The topological polar surface area (TPSA) is 67.6 Å². The van der Waals surface area contributed by atoms with E-state index < -0.39 is 10.0 Å². The number of hydrogen-bond donors (Lipinski definition) is 0. The van der Waals surface area contributed by atoms with Gasteiger partial charge in [0.05, 0.1) is 4.90 Å². The van der Waals surface area contributed by atoms with E-state index in [4.69, 9.17) is 4.42 Å². The van der Waals surface area contributed by atoms with Crippen molar-refractivity contribution in [2.45, 2.75) is 24.2 Å². The molecule has 0 spiro atoms. The maximum absolute atomic E-state index is 12.7. The highest BCUT2D eigenvalue weighted by molar-refractivity contribution is 7.89. The lowest BCUT2D eigenvalue weighted by molar-refractivity contribution is 0.110. The number of aldehydes is 1. The first-order chi connectivity index (χ1) is 10.6. The number of furan rings is 1. The molecule has 2 aromatic rings. The van der Waals surface area contributed by atoms with E-state index in [2.05, 4.69) is 0 Å². The van der Waals surface area contributed by atoms with Gasteiger partial charge in [-0.3, -0.25) is 4.79 Å². The van der Waals surface area contributed by atoms with Gasteiger partial charge in [-0.2, -0.15) is 4.31 Å². The summed E-state index contributed by atoms with van der Waals surface area (Å²) in [4.78, 5) is 10.9. The van der Waals surface area contributed by atoms with Crippen molar-refractivity contribution in [1.82, 2.24) is 4.31 Å². The Labute approximate surface area is 129 Å². The zero-order valence-corrected chi connectivity index (χ0v) is 12.9. The number of benzene rings is 1. The summed E-state index contributed by atoms with van der Waals surface area (Å²) < 4.78 is 32.2. The van der Waals surface area contributed by atoms with Crippen LogP contribution in [0.5, 0.6) is 0 Å². The number of hydrogen-bond acceptors (Lipinski definition) is 4. The van der Waals surface area contributed by atoms with E-state index in [1.54, 1.807) is 36.4 Å². The van der Waals surface area contributed by atoms with Crippen LogP contribution in [0, 0.1) is 0 Å². The predicted molar refractivity (Wildman–Crippen MR) is 82.1 cm³/mol. The summed E-state index contributed by atoms with van der Waals surface area (Å²) in [6, 6.07) is 9.87. The standard InChI is InChI=1S/C16H17NO4S/c18-12-14-7-8-16(21-14)13-5-4-6-15(11-13)22(19,20)17-9-2-1-3-10-17/h4-8,11-12H,1-3,9-10H2. The van der Waals surface area contributed by atoms with Gasteiger partial charge in [0.15, 0.2) is 12.0 Å². The molecule has 0 N–H and O–H groups in total. The second kappa shape index (κ2) is 6.06. The fourth-order valence-corrected chi connectivity index (χ4v) is 4.20. The summed E-state index contributed by atoms with van der Waals surface area (Å²) in [5, 5.41) is 0. The highest BCUT2D eigenvalue weighted by Gasteiger charge is 2.26. The fourth-order valence-electron chi connectivity index (χ4n) is 2.64. The molecule has 116 valence electrons. The maximum atomic E-state index is 12.7. The smallest absolute Gasteiger partial charge is 0.243 e. The number of piperidine rings is 1. The third kappa shape index (κ3) is 2.84. The largest absolute Gasteiger partial charge is 0.453 e. The number of rotatable bonds is 4. The van der Waals surface area contributed by atoms with Crippen molar-refractivity contribution >= 4 is 16.3 Å². The second-order valence-electron chi connectivity index (χ2n) is 5.31. The zero-order valence-electron chi connectivity index (χ0n) is 12.1. The molecule has 1 aromatic carbocycles. The molecule has 0 aliphatic carbocycles. The minimum Gasteiger partial charge on any atom is -0.453 e. The van der Waals surface area contributed by atoms with Gasteiger partial charge in [0.2, 0.25) is 10.0 Å². The van der Waals surface area contributed by atoms with Crippen molar-refractivity contribution in [3.63, 3.8) is 0 Å². The molecule has 1 aliphatic heterocycles. The number of sulfonamides is 1. The van der Waals surface area contributed by atoms with Crippen molar-refractivity contribution in [3.8, 4) is 11.3 Å². The van der Waals surface area contributed by atoms with Gasteiger partial charge >= 0.3 is 0 Å². The lowest BCUT2D eigenvalue weighted by atomic mass is 10.2. The van der Waals surface area contributed by atoms with Gasteiger partial charge in [0, 0.05) is 18.7 Å². The zero-order chi connectivity index (χ0) is 15.6. The molecule has 0 bridgehead atoms. The molecule has 1 aromatic heterocycles. The number of carbonyl (C=O) groups excluding carboxylic acids is 1. The molecule has 0 radical (unpaired) electrons. The minimum atomic E-state index is -3.47. The van der Waals surface area contributed by atoms with Gasteiger partial charge in [0.25, 0.3) is 0 Å². The Balaban J connectivity index is 1.94. The van der Waals surface area contributed by atoms with Gasteiger partial charge in [-0.15, -0.1) is 0 Å². The van der Waals surface area contributed by atoms with Crippen LogP contribution in [-0.2, 0) is 10.0 Å². The van der Waals surface area contributed by atoms with E-state index in [0.717, 1.165) is 19.3 Å². The molecule has 0 atom stereocenters. The highest BCUT2D eigenvalue weighted by atomic mass is 32.2. The van der Waals surface area contributed by atoms with Crippen LogP contribution in [0.1, 0.15) is 29.8 Å². The Bertz CT molecular complexity index is 773. The third-order valence-electron chi connectivity index (χ3n) is 3.81. The molecule has 22 heavy (non-hydrogen) atoms. The van der Waals surface area contributed by atoms with Crippen LogP contribution in [-0.4, -0.2) is 32.1 Å². The normalized spacial score (nSPS) is 16.5. The van der Waals surface area contributed by atoms with E-state index in [0.29, 0.717) is 30.7 Å². The van der Waals surface area contributed by atoms with Crippen LogP contribution in [0.25, 0.3) is 11.3 Å². The Morgan fingerprint density at radius 3 is 2.50 bits per heavy atom. The Hall–Kier alpha value is -1.92. The summed E-state index contributed by atoms with van der Waals surface area (Å²) in [7, 11) is -3.47. The van der Waals surface area contributed by atoms with Crippen LogP contribution in [0.3, 0.4) is 0 Å². The quantitative estimate of drug-likeness (QED) is 0.813. The molecule has 0 saturated carbocycles. The predicted octanol–water partition coefficient (Wildman–Crippen LogP) is 2.93. The molecule has 1 aliphatic rings. The van der Waals surface area contributed by atoms with Crippen LogP contribution in [0.2, 0.25) is 0 Å². The molecular weight excluding hydrogens is 302 g/mol. The summed E-state index contributed by atoms with van der Waals surface area (Å²) in [5.41, 5.74) is 0.645. The average molecular weight is 319 g/mol. The molecule has 2 heterocycles. The van der Waals surface area contributed by atoms with E-state index >= 15 is 0 Å². The van der Waals surface area contributed by atoms with E-state index in [-0.39, 0.29) is 10.7 Å². The lowest BCUT2D eigenvalue weighted by Crippen LogP contribution is -2.35. The molecule has 0 unspecified atom stereocenters. The molecule has 0 amide bonds. The van der Waals surface area contributed by atoms with Gasteiger partial charge in [-0.05, 0) is 37.1 Å². The fraction of sp³-hybridized carbons (Fsp3) is 0.312. The van der Waals surface area contributed by atoms with Crippen LogP contribution < -0.4 is 0 Å². The van der Waals surface area contributed by atoms with Crippen LogP contribution in [0.15, 0.2) is 45.7 Å². The minimum absolute atomic E-state index is 0.222. The van der Waals surface area contributed by atoms with Gasteiger partial charge < -0.3 is 4.42 Å². The molecule has 3 rings (SSSR count). The van der Waals surface area contributed by atoms with Crippen LogP contribution >= 0.6 is 0 Å². The van der Waals surface area contributed by atoms with Crippen molar-refractivity contribution < 1.29 is 17.6 Å².